The number of carbonyl (C=O) groups is 3. The molecule has 0 spiro atoms. The van der Waals surface area contributed by atoms with Gasteiger partial charge in [0.1, 0.15) is 23.6 Å². The van der Waals surface area contributed by atoms with Gasteiger partial charge in [-0.3, -0.25) is 9.59 Å². The molecule has 37 heavy (non-hydrogen) atoms. The fourth-order valence-electron chi connectivity index (χ4n) is 4.96. The number of fused-ring (bicyclic) bond motifs is 3. The van der Waals surface area contributed by atoms with Gasteiger partial charge in [0.05, 0.1) is 6.04 Å². The first-order chi connectivity index (χ1) is 17.8. The molecule has 1 saturated heterocycles. The zero-order chi connectivity index (χ0) is 26.5. The topological polar surface area (TPSA) is 108 Å². The zero-order valence-corrected chi connectivity index (χ0v) is 22.3. The molecule has 7 nitrogen and oxygen atoms in total. The van der Waals surface area contributed by atoms with Gasteiger partial charge in [-0.25, -0.2) is 4.79 Å². The number of nitriles is 1. The van der Waals surface area contributed by atoms with Gasteiger partial charge in [0.25, 0.3) is 0 Å². The first-order valence-corrected chi connectivity index (χ1v) is 14.3. The van der Waals surface area contributed by atoms with Gasteiger partial charge in [-0.2, -0.15) is 15.7 Å². The summed E-state index contributed by atoms with van der Waals surface area (Å²) in [5.41, 5.74) is 4.48. The van der Waals surface area contributed by atoms with E-state index in [1.54, 1.807) is 6.92 Å². The molecule has 0 bridgehead atoms. The molecule has 0 aromatic heterocycles. The fraction of sp³-hybridized carbons (Fsp3) is 0.414. The number of nitrogens with zero attached hydrogens (tertiary/aromatic N) is 1. The van der Waals surface area contributed by atoms with Crippen molar-refractivity contribution in [3.05, 3.63) is 59.7 Å². The zero-order valence-electron chi connectivity index (χ0n) is 21.5. The second-order valence-electron chi connectivity index (χ2n) is 9.84. The number of hydrogen-bond acceptors (Lipinski definition) is 5. The number of carbonyl (C=O) groups excluding carboxylic acids is 3. The number of alkyl carbamates (subject to hydrolysis) is 1. The van der Waals surface area contributed by atoms with Crippen molar-refractivity contribution in [2.24, 2.45) is 5.92 Å². The monoisotopic (exact) mass is 519 g/mol. The second-order valence-corrected chi connectivity index (χ2v) is 12.0. The predicted octanol–water partition coefficient (Wildman–Crippen LogP) is 4.38. The highest BCUT2D eigenvalue weighted by Gasteiger charge is 2.32. The molecule has 0 radical (unpaired) electrons. The average molecular weight is 520 g/mol. The normalized spacial score (nSPS) is 16.3. The number of ketones is 1. The third-order valence-corrected chi connectivity index (χ3v) is 9.40. The SMILES string of the molecule is CC(NC(=O)OCC1c2ccccc2-c2ccccc21)C(=O)N[C@H](C(=O)C(C#N)=S1CCCC1)C(C)C. The van der Waals surface area contributed by atoms with Gasteiger partial charge in [-0.05, 0) is 59.4 Å². The molecule has 1 unspecified atom stereocenters. The van der Waals surface area contributed by atoms with E-state index in [0.29, 0.717) is 0 Å². The van der Waals surface area contributed by atoms with Crippen LogP contribution in [-0.2, 0) is 14.3 Å². The summed E-state index contributed by atoms with van der Waals surface area (Å²) in [4.78, 5) is 38.9. The molecule has 1 aliphatic carbocycles. The molecule has 2 atom stereocenters. The molecule has 1 aliphatic heterocycles. The minimum atomic E-state index is -0.913. The Bertz CT molecular complexity index is 1230. The standard InChI is InChI=1S/C29H33N3O4S/c1-18(2)26(27(33)25(16-30)37-14-8-9-15-37)32-28(34)19(3)31-29(35)36-17-24-22-12-6-4-10-20(22)21-11-5-7-13-23(21)24/h4-7,10-13,18-19,24,26H,8-9,14-15,17H2,1-3H3,(H,31,35)(H,32,34)/t19?,26-/m0/s1. The smallest absolute Gasteiger partial charge is 0.407 e. The van der Waals surface area contributed by atoms with Gasteiger partial charge in [-0.1, -0.05) is 62.4 Å². The van der Waals surface area contributed by atoms with Crippen LogP contribution in [0.15, 0.2) is 48.5 Å². The van der Waals surface area contributed by atoms with Crippen LogP contribution in [0.25, 0.3) is 11.1 Å². The number of nitrogens with one attached hydrogen (secondary N) is 2. The Hall–Kier alpha value is -3.44. The van der Waals surface area contributed by atoms with E-state index in [1.165, 1.54) is 0 Å². The molecule has 4 rings (SSSR count). The quantitative estimate of drug-likeness (QED) is 0.503. The molecule has 2 aromatic carbocycles. The third-order valence-electron chi connectivity index (χ3n) is 6.96. The van der Waals surface area contributed by atoms with Crippen molar-refractivity contribution in [3.8, 4) is 17.2 Å². The number of ether oxygens (including phenoxy) is 1. The van der Waals surface area contributed by atoms with Crippen LogP contribution in [0.3, 0.4) is 0 Å². The summed E-state index contributed by atoms with van der Waals surface area (Å²) in [7, 11) is -0.338. The molecule has 0 saturated carbocycles. The van der Waals surface area contributed by atoms with Crippen molar-refractivity contribution < 1.29 is 19.1 Å². The van der Waals surface area contributed by atoms with Crippen LogP contribution < -0.4 is 10.6 Å². The highest BCUT2D eigenvalue weighted by atomic mass is 32.2. The first-order valence-electron chi connectivity index (χ1n) is 12.7. The summed E-state index contributed by atoms with van der Waals surface area (Å²) in [6.07, 6.45) is 1.33. The van der Waals surface area contributed by atoms with Crippen molar-refractivity contribution in [3.63, 3.8) is 0 Å². The van der Waals surface area contributed by atoms with Gasteiger partial charge in [0.15, 0.2) is 0 Å². The molecule has 2 amide bonds. The first kappa shape index (κ1) is 26.6. The number of benzene rings is 2. The van der Waals surface area contributed by atoms with Crippen LogP contribution in [0.2, 0.25) is 0 Å². The third kappa shape index (κ3) is 5.78. The summed E-state index contributed by atoms with van der Waals surface area (Å²) in [5.74, 6) is 0.617. The molecular weight excluding hydrogens is 486 g/mol. The van der Waals surface area contributed by atoms with E-state index in [-0.39, 0.29) is 39.6 Å². The van der Waals surface area contributed by atoms with Crippen LogP contribution in [-0.4, -0.2) is 52.8 Å². The van der Waals surface area contributed by atoms with Crippen LogP contribution in [0.4, 0.5) is 4.79 Å². The molecule has 2 aromatic rings. The van der Waals surface area contributed by atoms with Gasteiger partial charge in [-0.15, -0.1) is 0 Å². The van der Waals surface area contributed by atoms with Crippen LogP contribution in [0, 0.1) is 17.2 Å². The molecule has 2 aliphatic rings. The molecule has 1 heterocycles. The molecule has 2 N–H and O–H groups in total. The van der Waals surface area contributed by atoms with Crippen molar-refractivity contribution in [1.29, 1.82) is 5.26 Å². The Balaban J connectivity index is 1.36. The lowest BCUT2D eigenvalue weighted by Crippen LogP contribution is -2.53. The fourth-order valence-corrected chi connectivity index (χ4v) is 7.22. The number of rotatable bonds is 8. The lowest BCUT2D eigenvalue weighted by atomic mass is 9.97. The minimum Gasteiger partial charge on any atom is -0.449 e. The summed E-state index contributed by atoms with van der Waals surface area (Å²) in [6, 6.07) is 16.5. The van der Waals surface area contributed by atoms with Crippen molar-refractivity contribution in [2.45, 2.75) is 51.6 Å². The maximum atomic E-state index is 13.2. The van der Waals surface area contributed by atoms with Crippen LogP contribution in [0.5, 0.6) is 0 Å². The Morgan fingerprint density at radius 2 is 1.54 bits per heavy atom. The Kier molecular flexibility index (Phi) is 8.45. The Labute approximate surface area is 220 Å². The van der Waals surface area contributed by atoms with Crippen LogP contribution >= 0.6 is 10.5 Å². The highest BCUT2D eigenvalue weighted by Crippen LogP contribution is 2.44. The largest absolute Gasteiger partial charge is 0.449 e. The summed E-state index contributed by atoms with van der Waals surface area (Å²) >= 11 is 0. The van der Waals surface area contributed by atoms with E-state index in [4.69, 9.17) is 4.74 Å². The molecular formula is C29H33N3O4S. The van der Waals surface area contributed by atoms with Crippen molar-refractivity contribution >= 4 is 33.1 Å². The van der Waals surface area contributed by atoms with Gasteiger partial charge in [0.2, 0.25) is 11.7 Å². The number of hydrogen-bond donors (Lipinski definition) is 2. The second kappa shape index (κ2) is 11.7. The van der Waals surface area contributed by atoms with Crippen LogP contribution in [0.1, 0.15) is 50.7 Å². The Morgan fingerprint density at radius 3 is 2.08 bits per heavy atom. The summed E-state index contributed by atoms with van der Waals surface area (Å²) in [5, 5.41) is 15.0. The van der Waals surface area contributed by atoms with E-state index in [0.717, 1.165) is 46.6 Å². The minimum absolute atomic E-state index is 0.0819. The van der Waals surface area contributed by atoms with Crippen molar-refractivity contribution in [1.82, 2.24) is 10.6 Å². The highest BCUT2D eigenvalue weighted by molar-refractivity contribution is 8.17. The Morgan fingerprint density at radius 1 is 0.973 bits per heavy atom. The van der Waals surface area contributed by atoms with Crippen molar-refractivity contribution in [2.75, 3.05) is 18.1 Å². The van der Waals surface area contributed by atoms with Gasteiger partial charge < -0.3 is 15.4 Å². The molecule has 1 fully saturated rings. The van der Waals surface area contributed by atoms with Gasteiger partial charge >= 0.3 is 6.09 Å². The number of Topliss-reactive ketones (excluding diaryl/α,β-unsaturated/α-hetero) is 1. The van der Waals surface area contributed by atoms with E-state index >= 15 is 0 Å². The van der Waals surface area contributed by atoms with Gasteiger partial charge in [0, 0.05) is 5.92 Å². The van der Waals surface area contributed by atoms with E-state index in [9.17, 15) is 19.6 Å². The van der Waals surface area contributed by atoms with E-state index in [1.807, 2.05) is 50.2 Å². The maximum Gasteiger partial charge on any atom is 0.407 e. The van der Waals surface area contributed by atoms with E-state index < -0.39 is 24.1 Å². The molecule has 8 heteroatoms. The summed E-state index contributed by atoms with van der Waals surface area (Å²) < 4.78 is 5.54. The lowest BCUT2D eigenvalue weighted by Gasteiger charge is -2.24. The number of amides is 2. The molecule has 194 valence electrons. The van der Waals surface area contributed by atoms with E-state index in [2.05, 4.69) is 28.8 Å². The summed E-state index contributed by atoms with van der Waals surface area (Å²) in [6.45, 7) is 5.36. The lowest BCUT2D eigenvalue weighted by molar-refractivity contribution is -0.127. The average Bonchev–Trinajstić information content (AvgIpc) is 3.53. The predicted molar refractivity (Wildman–Crippen MR) is 147 cm³/mol. The maximum absolute atomic E-state index is 13.2.